The van der Waals surface area contributed by atoms with Crippen molar-refractivity contribution in [3.05, 3.63) is 35.4 Å². The first-order valence-electron chi connectivity index (χ1n) is 5.48. The molecule has 0 heterocycles. The highest BCUT2D eigenvalue weighted by atomic mass is 19.2. The topological polar surface area (TPSA) is 49.3 Å². The summed E-state index contributed by atoms with van der Waals surface area (Å²) in [7, 11) is 0. The van der Waals surface area contributed by atoms with Crippen LogP contribution in [0.15, 0.2) is 18.2 Å². The standard InChI is InChI=1S/C12H13F2NO2/c13-9-4-1-7(5-10(9)14)6-15-11(12(16)17)8-2-3-8/h1,4-5,8,11,15H,2-3,6H2,(H,16,17). The van der Waals surface area contributed by atoms with Gasteiger partial charge in [0.1, 0.15) is 6.04 Å². The first kappa shape index (κ1) is 12.0. The Morgan fingerprint density at radius 1 is 1.41 bits per heavy atom. The first-order valence-corrected chi connectivity index (χ1v) is 5.48. The molecule has 0 bridgehead atoms. The first-order chi connectivity index (χ1) is 8.08. The molecule has 0 aromatic heterocycles. The lowest BCUT2D eigenvalue weighted by Crippen LogP contribution is -2.38. The highest BCUT2D eigenvalue weighted by Gasteiger charge is 2.35. The summed E-state index contributed by atoms with van der Waals surface area (Å²) >= 11 is 0. The number of rotatable bonds is 5. The Balaban J connectivity index is 1.96. The molecular formula is C12H13F2NO2. The highest BCUT2D eigenvalue weighted by Crippen LogP contribution is 2.32. The third-order valence-electron chi connectivity index (χ3n) is 2.87. The number of carboxylic acids is 1. The molecule has 1 atom stereocenters. The van der Waals surface area contributed by atoms with Crippen molar-refractivity contribution >= 4 is 5.97 Å². The summed E-state index contributed by atoms with van der Waals surface area (Å²) in [6.45, 7) is 0.227. The van der Waals surface area contributed by atoms with Gasteiger partial charge in [-0.25, -0.2) is 8.78 Å². The van der Waals surface area contributed by atoms with Crippen LogP contribution in [0, 0.1) is 17.6 Å². The molecule has 92 valence electrons. The number of benzene rings is 1. The van der Waals surface area contributed by atoms with Crippen LogP contribution in [0.4, 0.5) is 8.78 Å². The van der Waals surface area contributed by atoms with Crippen LogP contribution >= 0.6 is 0 Å². The Labute approximate surface area is 97.5 Å². The van der Waals surface area contributed by atoms with Gasteiger partial charge in [0.2, 0.25) is 0 Å². The number of aliphatic carboxylic acids is 1. The molecule has 1 saturated carbocycles. The fraction of sp³-hybridized carbons (Fsp3) is 0.417. The molecule has 0 amide bonds. The van der Waals surface area contributed by atoms with Gasteiger partial charge in [0, 0.05) is 6.54 Å². The fourth-order valence-corrected chi connectivity index (χ4v) is 1.76. The molecule has 5 heteroatoms. The third-order valence-corrected chi connectivity index (χ3v) is 2.87. The summed E-state index contributed by atoms with van der Waals surface area (Å²) in [4.78, 5) is 10.9. The summed E-state index contributed by atoms with van der Waals surface area (Å²) in [5.74, 6) is -2.54. The second-order valence-electron chi connectivity index (χ2n) is 4.28. The smallest absolute Gasteiger partial charge is 0.320 e. The highest BCUT2D eigenvalue weighted by molar-refractivity contribution is 5.74. The number of hydrogen-bond donors (Lipinski definition) is 2. The summed E-state index contributed by atoms with van der Waals surface area (Å²) in [6, 6.07) is 2.97. The Bertz CT molecular complexity index is 433. The zero-order valence-electron chi connectivity index (χ0n) is 9.12. The van der Waals surface area contributed by atoms with Crippen molar-refractivity contribution in [2.75, 3.05) is 0 Å². The molecule has 1 unspecified atom stereocenters. The minimum atomic E-state index is -0.914. The van der Waals surface area contributed by atoms with Crippen LogP contribution in [0.1, 0.15) is 18.4 Å². The van der Waals surface area contributed by atoms with E-state index < -0.39 is 23.6 Å². The van der Waals surface area contributed by atoms with Crippen molar-refractivity contribution in [1.29, 1.82) is 0 Å². The van der Waals surface area contributed by atoms with Gasteiger partial charge in [-0.1, -0.05) is 6.07 Å². The van der Waals surface area contributed by atoms with E-state index in [0.29, 0.717) is 5.56 Å². The summed E-state index contributed by atoms with van der Waals surface area (Å²) in [5.41, 5.74) is 0.538. The minimum Gasteiger partial charge on any atom is -0.480 e. The number of halogens is 2. The number of nitrogens with one attached hydrogen (secondary N) is 1. The van der Waals surface area contributed by atoms with Gasteiger partial charge in [-0.05, 0) is 36.5 Å². The van der Waals surface area contributed by atoms with Crippen molar-refractivity contribution in [2.45, 2.75) is 25.4 Å². The SMILES string of the molecule is O=C(O)C(NCc1ccc(F)c(F)c1)C1CC1. The van der Waals surface area contributed by atoms with Gasteiger partial charge < -0.3 is 10.4 Å². The molecule has 2 rings (SSSR count). The average molecular weight is 241 g/mol. The summed E-state index contributed by atoms with van der Waals surface area (Å²) in [5, 5.41) is 11.8. The molecule has 0 aliphatic heterocycles. The molecule has 0 radical (unpaired) electrons. The van der Waals surface area contributed by atoms with Crippen LogP contribution in [-0.2, 0) is 11.3 Å². The van der Waals surface area contributed by atoms with Gasteiger partial charge in [-0.3, -0.25) is 4.79 Å². The average Bonchev–Trinajstić information content (AvgIpc) is 3.07. The molecule has 1 aromatic rings. The van der Waals surface area contributed by atoms with Crippen LogP contribution in [0.3, 0.4) is 0 Å². The maximum Gasteiger partial charge on any atom is 0.320 e. The lowest BCUT2D eigenvalue weighted by molar-refractivity contribution is -0.140. The van der Waals surface area contributed by atoms with Crippen LogP contribution in [0.25, 0.3) is 0 Å². The molecule has 1 aromatic carbocycles. The monoisotopic (exact) mass is 241 g/mol. The van der Waals surface area contributed by atoms with E-state index in [2.05, 4.69) is 5.32 Å². The van der Waals surface area contributed by atoms with Crippen molar-refractivity contribution in [3.8, 4) is 0 Å². The zero-order chi connectivity index (χ0) is 12.4. The largest absolute Gasteiger partial charge is 0.480 e. The van der Waals surface area contributed by atoms with E-state index in [9.17, 15) is 13.6 Å². The maximum absolute atomic E-state index is 12.9. The van der Waals surface area contributed by atoms with E-state index in [4.69, 9.17) is 5.11 Å². The van der Waals surface area contributed by atoms with E-state index in [0.717, 1.165) is 25.0 Å². The van der Waals surface area contributed by atoms with Crippen LogP contribution in [0.5, 0.6) is 0 Å². The van der Waals surface area contributed by atoms with Gasteiger partial charge in [-0.15, -0.1) is 0 Å². The van der Waals surface area contributed by atoms with E-state index in [1.165, 1.54) is 6.07 Å². The van der Waals surface area contributed by atoms with Gasteiger partial charge in [0.05, 0.1) is 0 Å². The Morgan fingerprint density at radius 2 is 2.12 bits per heavy atom. The second kappa shape index (κ2) is 4.79. The Morgan fingerprint density at radius 3 is 2.65 bits per heavy atom. The molecule has 17 heavy (non-hydrogen) atoms. The lowest BCUT2D eigenvalue weighted by atomic mass is 10.1. The van der Waals surface area contributed by atoms with Gasteiger partial charge in [0.15, 0.2) is 11.6 Å². The minimum absolute atomic E-state index is 0.165. The number of hydrogen-bond acceptors (Lipinski definition) is 2. The van der Waals surface area contributed by atoms with E-state index in [-0.39, 0.29) is 12.5 Å². The lowest BCUT2D eigenvalue weighted by Gasteiger charge is -2.13. The zero-order valence-corrected chi connectivity index (χ0v) is 9.12. The van der Waals surface area contributed by atoms with E-state index in [1.807, 2.05) is 0 Å². The van der Waals surface area contributed by atoms with Crippen molar-refractivity contribution < 1.29 is 18.7 Å². The number of carboxylic acid groups (broad SMARTS) is 1. The van der Waals surface area contributed by atoms with Gasteiger partial charge >= 0.3 is 5.97 Å². The molecule has 1 fully saturated rings. The summed E-state index contributed by atoms with van der Waals surface area (Å²) < 4.78 is 25.6. The molecule has 1 aliphatic carbocycles. The molecule has 2 N–H and O–H groups in total. The molecule has 0 spiro atoms. The predicted octanol–water partition coefficient (Wildman–Crippen LogP) is 1.92. The van der Waals surface area contributed by atoms with Crippen LogP contribution < -0.4 is 5.32 Å². The predicted molar refractivity (Wildman–Crippen MR) is 57.3 cm³/mol. The Kier molecular flexibility index (Phi) is 3.38. The number of carbonyl (C=O) groups is 1. The Hall–Kier alpha value is -1.49. The molecule has 3 nitrogen and oxygen atoms in total. The van der Waals surface area contributed by atoms with Crippen molar-refractivity contribution in [2.24, 2.45) is 5.92 Å². The van der Waals surface area contributed by atoms with E-state index in [1.54, 1.807) is 0 Å². The van der Waals surface area contributed by atoms with Gasteiger partial charge in [-0.2, -0.15) is 0 Å². The molecular weight excluding hydrogens is 228 g/mol. The maximum atomic E-state index is 12.9. The molecule has 1 aliphatic rings. The summed E-state index contributed by atoms with van der Waals surface area (Å²) in [6.07, 6.45) is 1.81. The molecule has 0 saturated heterocycles. The second-order valence-corrected chi connectivity index (χ2v) is 4.28. The normalized spacial score (nSPS) is 16.8. The van der Waals surface area contributed by atoms with Crippen molar-refractivity contribution in [1.82, 2.24) is 5.32 Å². The van der Waals surface area contributed by atoms with E-state index >= 15 is 0 Å². The van der Waals surface area contributed by atoms with Gasteiger partial charge in [0.25, 0.3) is 0 Å². The van der Waals surface area contributed by atoms with Crippen molar-refractivity contribution in [3.63, 3.8) is 0 Å². The quantitative estimate of drug-likeness (QED) is 0.828. The van der Waals surface area contributed by atoms with Crippen LogP contribution in [-0.4, -0.2) is 17.1 Å². The third kappa shape index (κ3) is 3.00. The van der Waals surface area contributed by atoms with Crippen LogP contribution in [0.2, 0.25) is 0 Å². The fourth-order valence-electron chi connectivity index (χ4n) is 1.76.